The number of carboxylic acids is 1. The van der Waals surface area contributed by atoms with Gasteiger partial charge in [-0.2, -0.15) is 0 Å². The average molecular weight is 318 g/mol. The van der Waals surface area contributed by atoms with Crippen LogP contribution in [-0.2, 0) is 16.1 Å². The number of halogens is 2. The Morgan fingerprint density at radius 2 is 2.24 bits per heavy atom. The van der Waals surface area contributed by atoms with Crippen molar-refractivity contribution in [2.45, 2.75) is 31.9 Å². The van der Waals surface area contributed by atoms with E-state index in [1.807, 2.05) is 0 Å². The molecule has 1 atom stereocenters. The van der Waals surface area contributed by atoms with Gasteiger partial charge in [-0.05, 0) is 6.42 Å². The number of aromatic carboxylic acids is 1. The maximum absolute atomic E-state index is 12.9. The SMILES string of the molecule is O=C1CCC(NCc2c(C(=O)O)csc2C(F)F)C(=O)N1. The number of rotatable bonds is 5. The number of imide groups is 1. The number of thiophene rings is 1. The maximum atomic E-state index is 12.9. The van der Waals surface area contributed by atoms with Gasteiger partial charge < -0.3 is 10.4 Å². The number of hydrogen-bond donors (Lipinski definition) is 3. The molecule has 0 aliphatic carbocycles. The van der Waals surface area contributed by atoms with Gasteiger partial charge in [0.15, 0.2) is 0 Å². The van der Waals surface area contributed by atoms with Crippen LogP contribution in [0.5, 0.6) is 0 Å². The molecule has 0 saturated carbocycles. The van der Waals surface area contributed by atoms with Crippen molar-refractivity contribution in [3.63, 3.8) is 0 Å². The number of carbonyl (C=O) groups excluding carboxylic acids is 2. The molecule has 1 aliphatic heterocycles. The number of hydrogen-bond acceptors (Lipinski definition) is 5. The zero-order valence-corrected chi connectivity index (χ0v) is 11.5. The van der Waals surface area contributed by atoms with Crippen molar-refractivity contribution in [2.24, 2.45) is 0 Å². The first-order chi connectivity index (χ1) is 9.90. The highest BCUT2D eigenvalue weighted by Gasteiger charge is 2.28. The van der Waals surface area contributed by atoms with Gasteiger partial charge in [0.05, 0.1) is 16.5 Å². The lowest BCUT2D eigenvalue weighted by Crippen LogP contribution is -2.50. The number of alkyl halides is 2. The minimum atomic E-state index is -2.78. The largest absolute Gasteiger partial charge is 0.478 e. The zero-order valence-electron chi connectivity index (χ0n) is 10.7. The molecule has 0 radical (unpaired) electrons. The molecule has 2 heterocycles. The van der Waals surface area contributed by atoms with E-state index in [9.17, 15) is 23.2 Å². The maximum Gasteiger partial charge on any atom is 0.336 e. The lowest BCUT2D eigenvalue weighted by molar-refractivity contribution is -0.134. The van der Waals surface area contributed by atoms with Gasteiger partial charge in [0.2, 0.25) is 11.8 Å². The van der Waals surface area contributed by atoms with E-state index >= 15 is 0 Å². The van der Waals surface area contributed by atoms with Crippen LogP contribution in [0.15, 0.2) is 5.38 Å². The molecule has 114 valence electrons. The third-order valence-electron chi connectivity index (χ3n) is 3.12. The van der Waals surface area contributed by atoms with Crippen LogP contribution in [0.1, 0.15) is 40.1 Å². The molecule has 0 spiro atoms. The average Bonchev–Trinajstić information content (AvgIpc) is 2.81. The lowest BCUT2D eigenvalue weighted by atomic mass is 10.0. The van der Waals surface area contributed by atoms with Gasteiger partial charge in [-0.1, -0.05) is 0 Å². The predicted octanol–water partition coefficient (Wildman–Crippen LogP) is 1.28. The Kier molecular flexibility index (Phi) is 4.63. The Bertz CT molecular complexity index is 588. The number of carboxylic acid groups (broad SMARTS) is 1. The summed E-state index contributed by atoms with van der Waals surface area (Å²) < 4.78 is 25.7. The smallest absolute Gasteiger partial charge is 0.336 e. The first-order valence-corrected chi connectivity index (χ1v) is 6.97. The van der Waals surface area contributed by atoms with Gasteiger partial charge in [0, 0.05) is 23.9 Å². The lowest BCUT2D eigenvalue weighted by Gasteiger charge is -2.22. The van der Waals surface area contributed by atoms with Gasteiger partial charge in [0.1, 0.15) is 0 Å². The highest BCUT2D eigenvalue weighted by atomic mass is 32.1. The van der Waals surface area contributed by atoms with Crippen LogP contribution in [-0.4, -0.2) is 28.9 Å². The fourth-order valence-corrected chi connectivity index (χ4v) is 2.97. The summed E-state index contributed by atoms with van der Waals surface area (Å²) in [5.41, 5.74) is -0.220. The summed E-state index contributed by atoms with van der Waals surface area (Å²) in [6.07, 6.45) is -2.37. The quantitative estimate of drug-likeness (QED) is 0.711. The second-order valence-corrected chi connectivity index (χ2v) is 5.39. The van der Waals surface area contributed by atoms with Crippen LogP contribution in [0, 0.1) is 0 Å². The molecular formula is C12H12F2N2O4S. The highest BCUT2D eigenvalue weighted by Crippen LogP contribution is 2.32. The number of amides is 2. The molecule has 1 aliphatic rings. The highest BCUT2D eigenvalue weighted by molar-refractivity contribution is 7.10. The molecule has 3 N–H and O–H groups in total. The van der Waals surface area contributed by atoms with Crippen molar-refractivity contribution in [3.8, 4) is 0 Å². The fraction of sp³-hybridized carbons (Fsp3) is 0.417. The van der Waals surface area contributed by atoms with Crippen molar-refractivity contribution in [2.75, 3.05) is 0 Å². The van der Waals surface area contributed by atoms with Crippen LogP contribution >= 0.6 is 11.3 Å². The minimum Gasteiger partial charge on any atom is -0.478 e. The molecule has 1 saturated heterocycles. The van der Waals surface area contributed by atoms with Crippen LogP contribution < -0.4 is 10.6 Å². The van der Waals surface area contributed by atoms with Crippen LogP contribution in [0.4, 0.5) is 8.78 Å². The first kappa shape index (κ1) is 15.5. The third-order valence-corrected chi connectivity index (χ3v) is 4.15. The Morgan fingerprint density at radius 1 is 1.52 bits per heavy atom. The van der Waals surface area contributed by atoms with Crippen molar-refractivity contribution in [3.05, 3.63) is 21.4 Å². The molecule has 2 amide bonds. The zero-order chi connectivity index (χ0) is 15.6. The van der Waals surface area contributed by atoms with Gasteiger partial charge in [-0.3, -0.25) is 14.9 Å². The Balaban J connectivity index is 2.12. The van der Waals surface area contributed by atoms with E-state index < -0.39 is 24.3 Å². The molecule has 0 bridgehead atoms. The van der Waals surface area contributed by atoms with Gasteiger partial charge in [-0.25, -0.2) is 13.6 Å². The van der Waals surface area contributed by atoms with E-state index in [1.54, 1.807) is 0 Å². The molecule has 0 aromatic carbocycles. The second-order valence-electron chi connectivity index (χ2n) is 4.48. The van der Waals surface area contributed by atoms with E-state index in [0.717, 1.165) is 5.38 Å². The molecule has 1 fully saturated rings. The standard InChI is InChI=1S/C12H12F2N2O4S/c13-10(14)9-5(6(4-21-9)12(19)20)3-15-7-1-2-8(17)16-11(7)18/h4,7,10,15H,1-3H2,(H,19,20)(H,16,17,18). The first-order valence-electron chi connectivity index (χ1n) is 6.09. The van der Waals surface area contributed by atoms with E-state index in [4.69, 9.17) is 5.11 Å². The Hall–Kier alpha value is -1.87. The summed E-state index contributed by atoms with van der Waals surface area (Å²) in [6.45, 7) is -0.170. The summed E-state index contributed by atoms with van der Waals surface area (Å²) in [5, 5.41) is 15.0. The topological polar surface area (TPSA) is 95.5 Å². The van der Waals surface area contributed by atoms with Gasteiger partial charge in [0.25, 0.3) is 6.43 Å². The normalized spacial score (nSPS) is 18.9. The third kappa shape index (κ3) is 3.42. The van der Waals surface area contributed by atoms with Gasteiger partial charge >= 0.3 is 5.97 Å². The molecule has 9 heteroatoms. The van der Waals surface area contributed by atoms with Crippen molar-refractivity contribution < 1.29 is 28.3 Å². The monoisotopic (exact) mass is 318 g/mol. The molecule has 21 heavy (non-hydrogen) atoms. The van der Waals surface area contributed by atoms with E-state index in [-0.39, 0.29) is 41.3 Å². The molecule has 6 nitrogen and oxygen atoms in total. The van der Waals surface area contributed by atoms with Crippen LogP contribution in [0.3, 0.4) is 0 Å². The predicted molar refractivity (Wildman–Crippen MR) is 69.2 cm³/mol. The molecule has 2 rings (SSSR count). The molecule has 1 unspecified atom stereocenters. The Labute approximate surface area is 122 Å². The molecule has 1 aromatic heterocycles. The summed E-state index contributed by atoms with van der Waals surface area (Å²) in [4.78, 5) is 33.2. The fourth-order valence-electron chi connectivity index (χ4n) is 2.06. The summed E-state index contributed by atoms with van der Waals surface area (Å²) in [7, 11) is 0. The van der Waals surface area contributed by atoms with Crippen LogP contribution in [0.2, 0.25) is 0 Å². The summed E-state index contributed by atoms with van der Waals surface area (Å²) >= 11 is 0.675. The number of carbonyl (C=O) groups is 3. The molecule has 1 aromatic rings. The number of piperidine rings is 1. The minimum absolute atomic E-state index is 0.0211. The van der Waals surface area contributed by atoms with Crippen molar-refractivity contribution in [1.82, 2.24) is 10.6 Å². The second kappa shape index (κ2) is 6.27. The van der Waals surface area contributed by atoms with E-state index in [2.05, 4.69) is 10.6 Å². The Morgan fingerprint density at radius 3 is 2.81 bits per heavy atom. The summed E-state index contributed by atoms with van der Waals surface area (Å²) in [5.74, 6) is -2.21. The van der Waals surface area contributed by atoms with E-state index in [1.165, 1.54) is 0 Å². The van der Waals surface area contributed by atoms with Crippen molar-refractivity contribution >= 4 is 29.1 Å². The molecular weight excluding hydrogens is 306 g/mol. The van der Waals surface area contributed by atoms with E-state index in [0.29, 0.717) is 11.3 Å². The van der Waals surface area contributed by atoms with Gasteiger partial charge in [-0.15, -0.1) is 11.3 Å². The van der Waals surface area contributed by atoms with Crippen LogP contribution in [0.25, 0.3) is 0 Å². The number of nitrogens with one attached hydrogen (secondary N) is 2. The van der Waals surface area contributed by atoms with Crippen molar-refractivity contribution in [1.29, 1.82) is 0 Å². The summed E-state index contributed by atoms with van der Waals surface area (Å²) in [6, 6.07) is -0.699.